The molecule has 2 nitrogen and oxygen atoms in total. The van der Waals surface area contributed by atoms with Crippen LogP contribution in [0.15, 0.2) is 194 Å². The highest BCUT2D eigenvalue weighted by Crippen LogP contribution is 2.55. The number of hydrogen-bond donors (Lipinski definition) is 0. The van der Waals surface area contributed by atoms with Crippen LogP contribution in [0.1, 0.15) is 25.0 Å². The summed E-state index contributed by atoms with van der Waals surface area (Å²) >= 11 is 0. The van der Waals surface area contributed by atoms with E-state index in [0.29, 0.717) is 0 Å². The molecule has 55 heavy (non-hydrogen) atoms. The van der Waals surface area contributed by atoms with Crippen LogP contribution < -0.4 is 9.80 Å². The zero-order valence-corrected chi connectivity index (χ0v) is 30.9. The molecule has 1 aliphatic carbocycles. The first-order valence-electron chi connectivity index (χ1n) is 19.2. The molecule has 0 saturated heterocycles. The number of benzene rings is 9. The normalized spacial score (nSPS) is 13.4. The minimum absolute atomic E-state index is 0.0982. The lowest BCUT2D eigenvalue weighted by Gasteiger charge is -2.34. The van der Waals surface area contributed by atoms with Gasteiger partial charge in [0.2, 0.25) is 0 Å². The average Bonchev–Trinajstić information content (AvgIpc) is 3.45. The molecule has 260 valence electrons. The lowest BCUT2D eigenvalue weighted by molar-refractivity contribution is 0.661. The number of fused-ring (bicyclic) bond motifs is 8. The maximum absolute atomic E-state index is 2.49. The third kappa shape index (κ3) is 4.74. The Labute approximate surface area is 322 Å². The maximum atomic E-state index is 2.49. The van der Waals surface area contributed by atoms with Crippen LogP contribution in [0.4, 0.5) is 34.1 Å². The average molecular weight is 703 g/mol. The highest BCUT2D eigenvalue weighted by Gasteiger charge is 2.37. The summed E-state index contributed by atoms with van der Waals surface area (Å²) in [5.74, 6) is 0. The summed E-state index contributed by atoms with van der Waals surface area (Å²) in [5.41, 5.74) is 17.1. The van der Waals surface area contributed by atoms with Gasteiger partial charge in [-0.3, -0.25) is 0 Å². The van der Waals surface area contributed by atoms with E-state index < -0.39 is 0 Å². The molecule has 1 heterocycles. The number of nitrogens with zero attached hydrogens (tertiary/aromatic N) is 2. The van der Waals surface area contributed by atoms with Crippen molar-refractivity contribution in [3.63, 3.8) is 0 Å². The molecule has 0 N–H and O–H groups in total. The highest BCUT2D eigenvalue weighted by molar-refractivity contribution is 6.17. The van der Waals surface area contributed by atoms with Gasteiger partial charge in [-0.2, -0.15) is 0 Å². The molecule has 9 aromatic carbocycles. The van der Waals surface area contributed by atoms with E-state index in [1.807, 2.05) is 0 Å². The van der Waals surface area contributed by atoms with Crippen molar-refractivity contribution in [2.75, 3.05) is 9.80 Å². The first-order valence-corrected chi connectivity index (χ1v) is 19.2. The summed E-state index contributed by atoms with van der Waals surface area (Å²) < 4.78 is 0. The van der Waals surface area contributed by atoms with Crippen molar-refractivity contribution in [3.8, 4) is 33.4 Å². The fourth-order valence-corrected chi connectivity index (χ4v) is 9.38. The predicted octanol–water partition coefficient (Wildman–Crippen LogP) is 14.9. The Kier molecular flexibility index (Phi) is 6.93. The lowest BCUT2D eigenvalue weighted by atomic mass is 9.82. The molecule has 0 atom stereocenters. The molecule has 11 rings (SSSR count). The van der Waals surface area contributed by atoms with Gasteiger partial charge in [0, 0.05) is 39.0 Å². The van der Waals surface area contributed by atoms with Crippen molar-refractivity contribution >= 4 is 55.7 Å². The third-order valence-electron chi connectivity index (χ3n) is 11.9. The van der Waals surface area contributed by atoms with Gasteiger partial charge in [-0.25, -0.2) is 0 Å². The van der Waals surface area contributed by atoms with Crippen LogP contribution in [0.25, 0.3) is 54.9 Å². The minimum atomic E-state index is -0.0982. The van der Waals surface area contributed by atoms with Crippen molar-refractivity contribution < 1.29 is 0 Å². The van der Waals surface area contributed by atoms with Crippen LogP contribution in [0.3, 0.4) is 0 Å². The van der Waals surface area contributed by atoms with Gasteiger partial charge in [0.15, 0.2) is 0 Å². The number of anilines is 6. The molecular weight excluding hydrogens is 665 g/mol. The fourth-order valence-electron chi connectivity index (χ4n) is 9.38. The van der Waals surface area contributed by atoms with Gasteiger partial charge < -0.3 is 9.80 Å². The first-order chi connectivity index (χ1) is 27.1. The van der Waals surface area contributed by atoms with Crippen molar-refractivity contribution in [2.45, 2.75) is 19.3 Å². The summed E-state index contributed by atoms with van der Waals surface area (Å²) in [7, 11) is 0. The molecule has 2 heteroatoms. The quantitative estimate of drug-likeness (QED) is 0.180. The molecule has 9 aromatic rings. The van der Waals surface area contributed by atoms with Gasteiger partial charge in [-0.05, 0) is 116 Å². The van der Waals surface area contributed by atoms with Crippen molar-refractivity contribution in [3.05, 3.63) is 205 Å². The topological polar surface area (TPSA) is 6.48 Å². The molecule has 0 radical (unpaired) electrons. The van der Waals surface area contributed by atoms with Crippen LogP contribution in [0, 0.1) is 0 Å². The van der Waals surface area contributed by atoms with Crippen molar-refractivity contribution in [2.24, 2.45) is 0 Å². The van der Waals surface area contributed by atoms with E-state index >= 15 is 0 Å². The van der Waals surface area contributed by atoms with Crippen molar-refractivity contribution in [1.82, 2.24) is 0 Å². The molecule has 0 spiro atoms. The fraction of sp³-hybridized carbons (Fsp3) is 0.0566. The molecule has 2 aliphatic rings. The second kappa shape index (κ2) is 12.1. The Morgan fingerprint density at radius 1 is 0.400 bits per heavy atom. The molecule has 0 unspecified atom stereocenters. The summed E-state index contributed by atoms with van der Waals surface area (Å²) in [6, 6.07) is 71.5. The first kappa shape index (κ1) is 31.6. The molecule has 0 bridgehead atoms. The molecular formula is C53H38N2. The molecule has 1 aliphatic heterocycles. The molecule has 0 fully saturated rings. The Bertz CT molecular complexity index is 2870. The molecule has 0 saturated carbocycles. The third-order valence-corrected chi connectivity index (χ3v) is 11.9. The van der Waals surface area contributed by atoms with E-state index in [9.17, 15) is 0 Å². The largest absolute Gasteiger partial charge is 0.310 e. The number of para-hydroxylation sites is 4. The highest BCUT2D eigenvalue weighted by atomic mass is 15.2. The van der Waals surface area contributed by atoms with Gasteiger partial charge in [0.1, 0.15) is 0 Å². The maximum Gasteiger partial charge on any atom is 0.0540 e. The van der Waals surface area contributed by atoms with Gasteiger partial charge in [-0.15, -0.1) is 0 Å². The standard InChI is InChI=1S/C53H38N2/c1-53(2)47-30-28-39(34-46(47)45-32-35-16-9-10-17-36(35)33-48(45)53)55-49-26-13-11-22-40(49)42-24-15-25-44-51(31-29-43(52(42)44)41-23-12-14-27-50(41)55)54(37-18-5-3-6-19-37)38-20-7-4-8-21-38/h3-34H,1-2H3. The minimum Gasteiger partial charge on any atom is -0.310 e. The SMILES string of the molecule is CC1(C)c2ccc(N3c4ccccc4-c4cccc5c(N(c6ccccc6)c6ccccc6)ccc(c45)-c4ccccc43)cc2-c2cc3ccccc3cc21. The van der Waals surface area contributed by atoms with Gasteiger partial charge in [0.05, 0.1) is 17.1 Å². The van der Waals surface area contributed by atoms with Gasteiger partial charge >= 0.3 is 0 Å². The van der Waals surface area contributed by atoms with E-state index in [0.717, 1.165) is 34.1 Å². The molecule has 0 amide bonds. The van der Waals surface area contributed by atoms with E-state index in [-0.39, 0.29) is 5.41 Å². The summed E-state index contributed by atoms with van der Waals surface area (Å²) in [4.78, 5) is 4.88. The Balaban J connectivity index is 1.16. The zero-order valence-electron chi connectivity index (χ0n) is 30.9. The van der Waals surface area contributed by atoms with E-state index in [1.54, 1.807) is 0 Å². The second-order valence-corrected chi connectivity index (χ2v) is 15.3. The summed E-state index contributed by atoms with van der Waals surface area (Å²) in [6.07, 6.45) is 0. The predicted molar refractivity (Wildman–Crippen MR) is 233 cm³/mol. The van der Waals surface area contributed by atoms with E-state index in [1.165, 1.54) is 66.1 Å². The summed E-state index contributed by atoms with van der Waals surface area (Å²) in [6.45, 7) is 4.74. The number of hydrogen-bond acceptors (Lipinski definition) is 2. The van der Waals surface area contributed by atoms with Gasteiger partial charge in [-0.1, -0.05) is 141 Å². The van der Waals surface area contributed by atoms with Crippen LogP contribution in [-0.2, 0) is 5.41 Å². The Morgan fingerprint density at radius 2 is 0.945 bits per heavy atom. The van der Waals surface area contributed by atoms with Crippen LogP contribution >= 0.6 is 0 Å². The zero-order chi connectivity index (χ0) is 36.7. The van der Waals surface area contributed by atoms with Crippen LogP contribution in [0.5, 0.6) is 0 Å². The Hall–Kier alpha value is -6.90. The van der Waals surface area contributed by atoms with Crippen LogP contribution in [-0.4, -0.2) is 0 Å². The van der Waals surface area contributed by atoms with E-state index in [4.69, 9.17) is 0 Å². The second-order valence-electron chi connectivity index (χ2n) is 15.3. The van der Waals surface area contributed by atoms with Crippen LogP contribution in [0.2, 0.25) is 0 Å². The lowest BCUT2D eigenvalue weighted by Crippen LogP contribution is -2.16. The van der Waals surface area contributed by atoms with E-state index in [2.05, 4.69) is 218 Å². The van der Waals surface area contributed by atoms with Crippen molar-refractivity contribution in [1.29, 1.82) is 0 Å². The summed E-state index contributed by atoms with van der Waals surface area (Å²) in [5, 5.41) is 5.04. The molecule has 0 aromatic heterocycles. The number of rotatable bonds is 4. The van der Waals surface area contributed by atoms with Gasteiger partial charge in [0.25, 0.3) is 0 Å². The monoisotopic (exact) mass is 702 g/mol. The smallest absolute Gasteiger partial charge is 0.0540 e. The Morgan fingerprint density at radius 3 is 1.62 bits per heavy atom.